The molecule has 1 unspecified atom stereocenters. The highest BCUT2D eigenvalue weighted by atomic mass is 32.1. The molecule has 0 aliphatic heterocycles. The van der Waals surface area contributed by atoms with Gasteiger partial charge in [-0.2, -0.15) is 0 Å². The number of aryl methyl sites for hydroxylation is 1. The summed E-state index contributed by atoms with van der Waals surface area (Å²) in [5, 5.41) is 12.1. The number of carbonyl (C=O) groups excluding carboxylic acids is 1. The Hall–Kier alpha value is -2.75. The van der Waals surface area contributed by atoms with Crippen LogP contribution >= 0.6 is 11.3 Å². The number of carbonyl (C=O) groups is 2. The smallest absolute Gasteiger partial charge is 0.347 e. The number of thiazole rings is 1. The number of aromatic amines is 1. The molecule has 23 heavy (non-hydrogen) atoms. The molecule has 122 valence electrons. The van der Waals surface area contributed by atoms with Gasteiger partial charge in [-0.1, -0.05) is 0 Å². The van der Waals surface area contributed by atoms with E-state index < -0.39 is 29.2 Å². The Morgan fingerprint density at radius 1 is 1.48 bits per heavy atom. The zero-order valence-electron chi connectivity index (χ0n) is 12.3. The first-order valence-electron chi connectivity index (χ1n) is 6.57. The Bertz CT molecular complexity index is 866. The number of carboxylic acids is 1. The van der Waals surface area contributed by atoms with Crippen LogP contribution in [0.2, 0.25) is 0 Å². The van der Waals surface area contributed by atoms with E-state index in [-0.39, 0.29) is 11.4 Å². The van der Waals surface area contributed by atoms with Crippen LogP contribution < -0.4 is 16.6 Å². The molecule has 3 N–H and O–H groups in total. The molecule has 0 fully saturated rings. The molecule has 0 saturated heterocycles. The van der Waals surface area contributed by atoms with Gasteiger partial charge in [0.05, 0.1) is 11.7 Å². The normalized spacial score (nSPS) is 11.9. The van der Waals surface area contributed by atoms with Crippen molar-refractivity contribution in [2.24, 2.45) is 0 Å². The molecule has 2 aromatic heterocycles. The number of rotatable bonds is 5. The van der Waals surface area contributed by atoms with Crippen molar-refractivity contribution < 1.29 is 14.7 Å². The number of H-pyrrole nitrogens is 1. The third kappa shape index (κ3) is 3.92. The number of nitrogens with one attached hydrogen (secondary N) is 2. The highest BCUT2D eigenvalue weighted by Crippen LogP contribution is 2.23. The maximum atomic E-state index is 12.0. The standard InChI is InChI=1S/C13H14N4O5S/c1-6-10(12(20)21)23-11(15-6)7(2)14-9(19)5-17-4-3-8(18)16-13(17)22/h3-4,7H,5H2,1-2H3,(H,14,19)(H,20,21)(H,16,18,22). The van der Waals surface area contributed by atoms with Gasteiger partial charge in [-0.05, 0) is 13.8 Å². The summed E-state index contributed by atoms with van der Waals surface area (Å²) in [5.41, 5.74) is -0.839. The van der Waals surface area contributed by atoms with E-state index >= 15 is 0 Å². The molecule has 1 amide bonds. The predicted molar refractivity (Wildman–Crippen MR) is 81.7 cm³/mol. The van der Waals surface area contributed by atoms with Crippen molar-refractivity contribution in [3.63, 3.8) is 0 Å². The summed E-state index contributed by atoms with van der Waals surface area (Å²) in [7, 11) is 0. The van der Waals surface area contributed by atoms with Crippen LogP contribution in [0.3, 0.4) is 0 Å². The Morgan fingerprint density at radius 2 is 2.17 bits per heavy atom. The van der Waals surface area contributed by atoms with Gasteiger partial charge in [0.2, 0.25) is 5.91 Å². The summed E-state index contributed by atoms with van der Waals surface area (Å²) in [5.74, 6) is -1.53. The van der Waals surface area contributed by atoms with Gasteiger partial charge in [0.1, 0.15) is 16.4 Å². The zero-order valence-corrected chi connectivity index (χ0v) is 13.1. The molecule has 2 heterocycles. The second-order valence-corrected chi connectivity index (χ2v) is 5.83. The Labute approximate surface area is 133 Å². The van der Waals surface area contributed by atoms with E-state index in [1.807, 2.05) is 4.98 Å². The first-order valence-corrected chi connectivity index (χ1v) is 7.39. The van der Waals surface area contributed by atoms with Gasteiger partial charge >= 0.3 is 11.7 Å². The van der Waals surface area contributed by atoms with E-state index in [9.17, 15) is 19.2 Å². The first kappa shape index (κ1) is 16.6. The molecule has 2 rings (SSSR count). The molecule has 0 aromatic carbocycles. The van der Waals surface area contributed by atoms with Crippen LogP contribution in [0, 0.1) is 6.92 Å². The molecular formula is C13H14N4O5S. The van der Waals surface area contributed by atoms with Gasteiger partial charge in [-0.3, -0.25) is 19.1 Å². The van der Waals surface area contributed by atoms with Crippen LogP contribution in [0.5, 0.6) is 0 Å². The first-order chi connectivity index (χ1) is 10.8. The molecule has 0 aliphatic carbocycles. The van der Waals surface area contributed by atoms with Crippen molar-refractivity contribution in [2.45, 2.75) is 26.4 Å². The third-order valence-electron chi connectivity index (χ3n) is 2.97. The Morgan fingerprint density at radius 3 is 2.74 bits per heavy atom. The van der Waals surface area contributed by atoms with Crippen LogP contribution in [0.4, 0.5) is 0 Å². The zero-order chi connectivity index (χ0) is 17.1. The molecule has 10 heteroatoms. The summed E-state index contributed by atoms with van der Waals surface area (Å²) in [6.07, 6.45) is 1.22. The fraction of sp³-hybridized carbons (Fsp3) is 0.308. The average Bonchev–Trinajstić information content (AvgIpc) is 2.84. The second-order valence-electron chi connectivity index (χ2n) is 4.80. The molecule has 9 nitrogen and oxygen atoms in total. The SMILES string of the molecule is Cc1nc(C(C)NC(=O)Cn2ccc(=O)[nH]c2=O)sc1C(=O)O. The van der Waals surface area contributed by atoms with Crippen LogP contribution in [0.15, 0.2) is 21.9 Å². The van der Waals surface area contributed by atoms with Gasteiger partial charge in [-0.15, -0.1) is 11.3 Å². The van der Waals surface area contributed by atoms with Crippen molar-refractivity contribution in [2.75, 3.05) is 0 Å². The van der Waals surface area contributed by atoms with Gasteiger partial charge in [0, 0.05) is 12.3 Å². The average molecular weight is 338 g/mol. The Balaban J connectivity index is 2.07. The molecule has 0 radical (unpaired) electrons. The topological polar surface area (TPSA) is 134 Å². The number of aromatic nitrogens is 3. The minimum atomic E-state index is -1.07. The monoisotopic (exact) mass is 338 g/mol. The van der Waals surface area contributed by atoms with Gasteiger partial charge < -0.3 is 10.4 Å². The van der Waals surface area contributed by atoms with Crippen LogP contribution in [-0.4, -0.2) is 31.5 Å². The molecule has 1 atom stereocenters. The van der Waals surface area contributed by atoms with Crippen molar-refractivity contribution in [3.8, 4) is 0 Å². The van der Waals surface area contributed by atoms with Crippen LogP contribution in [0.1, 0.15) is 33.3 Å². The summed E-state index contributed by atoms with van der Waals surface area (Å²) in [6.45, 7) is 2.98. The fourth-order valence-corrected chi connectivity index (χ4v) is 2.78. The lowest BCUT2D eigenvalue weighted by Crippen LogP contribution is -2.36. The van der Waals surface area contributed by atoms with Gasteiger partial charge in [0.25, 0.3) is 5.56 Å². The molecule has 0 spiro atoms. The number of hydrogen-bond donors (Lipinski definition) is 3. The molecule has 2 aromatic rings. The summed E-state index contributed by atoms with van der Waals surface area (Å²) >= 11 is 0.988. The largest absolute Gasteiger partial charge is 0.477 e. The lowest BCUT2D eigenvalue weighted by molar-refractivity contribution is -0.122. The van der Waals surface area contributed by atoms with E-state index in [2.05, 4.69) is 10.3 Å². The number of carboxylic acid groups (broad SMARTS) is 1. The van der Waals surface area contributed by atoms with Crippen molar-refractivity contribution >= 4 is 23.2 Å². The van der Waals surface area contributed by atoms with Crippen molar-refractivity contribution in [1.29, 1.82) is 0 Å². The summed E-state index contributed by atoms with van der Waals surface area (Å²) < 4.78 is 1.05. The summed E-state index contributed by atoms with van der Waals surface area (Å²) in [6, 6.07) is 0.638. The number of aromatic carboxylic acids is 1. The van der Waals surface area contributed by atoms with Crippen LogP contribution in [-0.2, 0) is 11.3 Å². The van der Waals surface area contributed by atoms with Gasteiger partial charge in [0.15, 0.2) is 0 Å². The number of amides is 1. The highest BCUT2D eigenvalue weighted by Gasteiger charge is 2.19. The highest BCUT2D eigenvalue weighted by molar-refractivity contribution is 7.13. The van der Waals surface area contributed by atoms with Crippen molar-refractivity contribution in [3.05, 3.63) is 48.7 Å². The molecule has 0 aliphatic rings. The molecule has 0 bridgehead atoms. The van der Waals surface area contributed by atoms with Crippen molar-refractivity contribution in [1.82, 2.24) is 19.9 Å². The Kier molecular flexibility index (Phi) is 4.74. The maximum absolute atomic E-state index is 12.0. The lowest BCUT2D eigenvalue weighted by Gasteiger charge is -2.11. The quantitative estimate of drug-likeness (QED) is 0.695. The minimum Gasteiger partial charge on any atom is -0.477 e. The number of nitrogens with zero attached hydrogens (tertiary/aromatic N) is 2. The number of hydrogen-bond acceptors (Lipinski definition) is 6. The van der Waals surface area contributed by atoms with E-state index in [1.54, 1.807) is 13.8 Å². The van der Waals surface area contributed by atoms with Gasteiger partial charge in [-0.25, -0.2) is 14.6 Å². The summed E-state index contributed by atoms with van der Waals surface area (Å²) in [4.78, 5) is 51.7. The van der Waals surface area contributed by atoms with E-state index in [0.717, 1.165) is 22.0 Å². The minimum absolute atomic E-state index is 0.123. The molecule has 0 saturated carbocycles. The third-order valence-corrected chi connectivity index (χ3v) is 4.29. The molecular weight excluding hydrogens is 324 g/mol. The van der Waals surface area contributed by atoms with E-state index in [1.165, 1.54) is 6.20 Å². The fourth-order valence-electron chi connectivity index (χ4n) is 1.87. The lowest BCUT2D eigenvalue weighted by atomic mass is 10.3. The van der Waals surface area contributed by atoms with E-state index in [0.29, 0.717) is 10.7 Å². The van der Waals surface area contributed by atoms with Crippen LogP contribution in [0.25, 0.3) is 0 Å². The predicted octanol–water partition coefficient (Wildman–Crippen LogP) is -0.123. The maximum Gasteiger partial charge on any atom is 0.347 e. The van der Waals surface area contributed by atoms with E-state index in [4.69, 9.17) is 5.11 Å². The second kappa shape index (κ2) is 6.57.